The lowest BCUT2D eigenvalue weighted by Gasteiger charge is -2.17. The number of fused-ring (bicyclic) bond motifs is 1. The molecular formula is C19H21ClN4O2S. The summed E-state index contributed by atoms with van der Waals surface area (Å²) in [6.45, 7) is 5.88. The van der Waals surface area contributed by atoms with Crippen LogP contribution in [0, 0.1) is 6.92 Å². The molecule has 0 saturated carbocycles. The third-order valence-electron chi connectivity index (χ3n) is 4.28. The van der Waals surface area contributed by atoms with Crippen molar-refractivity contribution in [3.8, 4) is 0 Å². The second-order valence-corrected chi connectivity index (χ2v) is 7.76. The molecule has 3 aromatic rings. The van der Waals surface area contributed by atoms with Gasteiger partial charge in [0.1, 0.15) is 5.52 Å². The number of anilines is 1. The highest BCUT2D eigenvalue weighted by molar-refractivity contribution is 7.99. The van der Waals surface area contributed by atoms with E-state index >= 15 is 0 Å². The van der Waals surface area contributed by atoms with Gasteiger partial charge in [-0.25, -0.2) is 4.98 Å². The fourth-order valence-corrected chi connectivity index (χ4v) is 3.75. The lowest BCUT2D eigenvalue weighted by atomic mass is 10.2. The Hall–Kier alpha value is -2.25. The largest absolute Gasteiger partial charge is 0.353 e. The van der Waals surface area contributed by atoms with E-state index in [1.54, 1.807) is 28.8 Å². The molecular weight excluding hydrogens is 384 g/mol. The SMILES string of the molecule is CC[C@H](C)n1c(SCC(=O)Nc2ccc(Cl)cc2)nc2cc(C)[nH]c2c1=O. The molecule has 0 saturated heterocycles. The number of benzene rings is 1. The van der Waals surface area contributed by atoms with Crippen LogP contribution in [0.25, 0.3) is 11.0 Å². The molecule has 0 aliphatic carbocycles. The lowest BCUT2D eigenvalue weighted by Crippen LogP contribution is -2.26. The molecule has 0 spiro atoms. The highest BCUT2D eigenvalue weighted by Crippen LogP contribution is 2.23. The van der Waals surface area contributed by atoms with Crippen molar-refractivity contribution in [3.63, 3.8) is 0 Å². The number of halogens is 1. The fourth-order valence-electron chi connectivity index (χ4n) is 2.72. The van der Waals surface area contributed by atoms with Crippen LogP contribution in [0.3, 0.4) is 0 Å². The molecule has 0 unspecified atom stereocenters. The van der Waals surface area contributed by atoms with Crippen molar-refractivity contribution in [1.29, 1.82) is 0 Å². The van der Waals surface area contributed by atoms with Gasteiger partial charge in [-0.05, 0) is 50.6 Å². The normalized spacial score (nSPS) is 12.3. The second-order valence-electron chi connectivity index (χ2n) is 6.38. The number of aromatic nitrogens is 3. The van der Waals surface area contributed by atoms with Crippen molar-refractivity contribution in [2.45, 2.75) is 38.4 Å². The van der Waals surface area contributed by atoms with Crippen LogP contribution in [0.2, 0.25) is 5.02 Å². The molecule has 0 bridgehead atoms. The fraction of sp³-hybridized carbons (Fsp3) is 0.316. The van der Waals surface area contributed by atoms with Crippen molar-refractivity contribution in [2.24, 2.45) is 0 Å². The standard InChI is InChI=1S/C19H21ClN4O2S/c1-4-12(3)24-18(26)17-15(9-11(2)21-17)23-19(24)27-10-16(25)22-14-7-5-13(20)6-8-14/h5-9,12,21H,4,10H2,1-3H3,(H,22,25)/t12-/m0/s1. The molecule has 1 aromatic carbocycles. The zero-order valence-corrected chi connectivity index (χ0v) is 16.9. The first-order valence-electron chi connectivity index (χ1n) is 8.69. The van der Waals surface area contributed by atoms with E-state index in [4.69, 9.17) is 11.6 Å². The van der Waals surface area contributed by atoms with E-state index in [2.05, 4.69) is 15.3 Å². The van der Waals surface area contributed by atoms with Crippen LogP contribution in [0.1, 0.15) is 32.0 Å². The molecule has 142 valence electrons. The van der Waals surface area contributed by atoms with Crippen LogP contribution in [0.4, 0.5) is 5.69 Å². The summed E-state index contributed by atoms with van der Waals surface area (Å²) >= 11 is 7.11. The Labute approximate surface area is 166 Å². The Morgan fingerprint density at radius 1 is 1.37 bits per heavy atom. The summed E-state index contributed by atoms with van der Waals surface area (Å²) in [4.78, 5) is 32.9. The summed E-state index contributed by atoms with van der Waals surface area (Å²) in [6, 6.07) is 8.75. The minimum absolute atomic E-state index is 0.0140. The maximum atomic E-state index is 12.9. The summed E-state index contributed by atoms with van der Waals surface area (Å²) in [7, 11) is 0. The van der Waals surface area contributed by atoms with Crippen LogP contribution in [0.5, 0.6) is 0 Å². The third kappa shape index (κ3) is 4.36. The van der Waals surface area contributed by atoms with Gasteiger partial charge in [-0.15, -0.1) is 0 Å². The molecule has 27 heavy (non-hydrogen) atoms. The Balaban J connectivity index is 1.83. The number of hydrogen-bond donors (Lipinski definition) is 2. The molecule has 0 fully saturated rings. The number of H-pyrrole nitrogens is 1. The topological polar surface area (TPSA) is 79.8 Å². The van der Waals surface area contributed by atoms with Gasteiger partial charge in [-0.2, -0.15) is 0 Å². The van der Waals surface area contributed by atoms with Crippen molar-refractivity contribution in [3.05, 3.63) is 51.4 Å². The zero-order chi connectivity index (χ0) is 19.6. The predicted molar refractivity (Wildman–Crippen MR) is 111 cm³/mol. The third-order valence-corrected chi connectivity index (χ3v) is 5.48. The number of aryl methyl sites for hydroxylation is 1. The van der Waals surface area contributed by atoms with Gasteiger partial charge >= 0.3 is 0 Å². The molecule has 2 N–H and O–H groups in total. The van der Waals surface area contributed by atoms with Crippen molar-refractivity contribution < 1.29 is 4.79 Å². The second kappa shape index (κ2) is 8.19. The number of carbonyl (C=O) groups excluding carboxylic acids is 1. The van der Waals surface area contributed by atoms with Crippen LogP contribution in [0.15, 0.2) is 40.3 Å². The van der Waals surface area contributed by atoms with E-state index in [1.807, 2.05) is 26.8 Å². The van der Waals surface area contributed by atoms with E-state index in [0.29, 0.717) is 26.9 Å². The van der Waals surface area contributed by atoms with Gasteiger partial charge in [-0.3, -0.25) is 14.2 Å². The molecule has 8 heteroatoms. The van der Waals surface area contributed by atoms with Crippen LogP contribution < -0.4 is 10.9 Å². The minimum Gasteiger partial charge on any atom is -0.353 e. The van der Waals surface area contributed by atoms with E-state index in [9.17, 15) is 9.59 Å². The maximum absolute atomic E-state index is 12.9. The first-order valence-corrected chi connectivity index (χ1v) is 10.1. The van der Waals surface area contributed by atoms with E-state index in [-0.39, 0.29) is 23.3 Å². The number of hydrogen-bond acceptors (Lipinski definition) is 4. The quantitative estimate of drug-likeness (QED) is 0.471. The Bertz CT molecular complexity index is 1030. The Morgan fingerprint density at radius 3 is 2.74 bits per heavy atom. The highest BCUT2D eigenvalue weighted by atomic mass is 35.5. The molecule has 2 heterocycles. The van der Waals surface area contributed by atoms with Crippen LogP contribution in [-0.2, 0) is 4.79 Å². The Morgan fingerprint density at radius 2 is 2.07 bits per heavy atom. The average molecular weight is 405 g/mol. The van der Waals surface area contributed by atoms with Crippen molar-refractivity contribution in [1.82, 2.24) is 14.5 Å². The van der Waals surface area contributed by atoms with E-state index in [1.165, 1.54) is 11.8 Å². The maximum Gasteiger partial charge on any atom is 0.278 e. The number of aromatic amines is 1. The number of carbonyl (C=O) groups is 1. The molecule has 0 aliphatic heterocycles. The van der Waals surface area contributed by atoms with Gasteiger partial charge in [0.15, 0.2) is 5.16 Å². The predicted octanol–water partition coefficient (Wildman–Crippen LogP) is 4.39. The van der Waals surface area contributed by atoms with Crippen LogP contribution in [-0.4, -0.2) is 26.2 Å². The van der Waals surface area contributed by atoms with E-state index < -0.39 is 0 Å². The average Bonchev–Trinajstić information content (AvgIpc) is 3.02. The van der Waals surface area contributed by atoms with Crippen molar-refractivity contribution in [2.75, 3.05) is 11.1 Å². The molecule has 2 aromatic heterocycles. The number of nitrogens with zero attached hydrogens (tertiary/aromatic N) is 2. The zero-order valence-electron chi connectivity index (χ0n) is 15.4. The van der Waals surface area contributed by atoms with Gasteiger partial charge in [0, 0.05) is 22.4 Å². The summed E-state index contributed by atoms with van der Waals surface area (Å²) < 4.78 is 1.67. The number of nitrogens with one attached hydrogen (secondary N) is 2. The summed E-state index contributed by atoms with van der Waals surface area (Å²) in [5.74, 6) is -0.0157. The van der Waals surface area contributed by atoms with Crippen molar-refractivity contribution >= 4 is 46.0 Å². The number of amides is 1. The first-order chi connectivity index (χ1) is 12.9. The summed E-state index contributed by atoms with van der Waals surface area (Å²) in [5, 5.41) is 3.98. The number of rotatable bonds is 6. The first kappa shape index (κ1) is 19.5. The summed E-state index contributed by atoms with van der Waals surface area (Å²) in [5.41, 5.74) is 2.57. The highest BCUT2D eigenvalue weighted by Gasteiger charge is 2.18. The van der Waals surface area contributed by atoms with Crippen LogP contribution >= 0.6 is 23.4 Å². The van der Waals surface area contributed by atoms with Gasteiger partial charge in [0.2, 0.25) is 5.91 Å². The molecule has 0 aliphatic rings. The van der Waals surface area contributed by atoms with Gasteiger partial charge < -0.3 is 10.3 Å². The van der Waals surface area contributed by atoms with Gasteiger partial charge in [-0.1, -0.05) is 30.3 Å². The number of thioether (sulfide) groups is 1. The lowest BCUT2D eigenvalue weighted by molar-refractivity contribution is -0.113. The van der Waals surface area contributed by atoms with Gasteiger partial charge in [0.05, 0.1) is 11.3 Å². The molecule has 1 amide bonds. The van der Waals surface area contributed by atoms with Gasteiger partial charge in [0.25, 0.3) is 5.56 Å². The molecule has 3 rings (SSSR count). The molecule has 0 radical (unpaired) electrons. The monoisotopic (exact) mass is 404 g/mol. The van der Waals surface area contributed by atoms with E-state index in [0.717, 1.165) is 12.1 Å². The minimum atomic E-state index is -0.169. The summed E-state index contributed by atoms with van der Waals surface area (Å²) in [6.07, 6.45) is 0.789. The molecule has 1 atom stereocenters. The molecule has 6 nitrogen and oxygen atoms in total. The Kier molecular flexibility index (Phi) is 5.92. The smallest absolute Gasteiger partial charge is 0.278 e.